The van der Waals surface area contributed by atoms with Gasteiger partial charge >= 0.3 is 6.03 Å². The summed E-state index contributed by atoms with van der Waals surface area (Å²) in [7, 11) is 0. The summed E-state index contributed by atoms with van der Waals surface area (Å²) in [6, 6.07) is 1.87. The van der Waals surface area contributed by atoms with Crippen LogP contribution in [0.2, 0.25) is 0 Å². The quantitative estimate of drug-likeness (QED) is 0.734. The van der Waals surface area contributed by atoms with Gasteiger partial charge in [-0.05, 0) is 38.2 Å². The first-order chi connectivity index (χ1) is 13.7. The SMILES string of the molecule is O=C(CNC(=O)N1CCCCC1)NC1CCCN(c2ncnc3[nH]ccc23)C1. The molecule has 2 fully saturated rings. The van der Waals surface area contributed by atoms with Crippen LogP contribution >= 0.6 is 0 Å². The summed E-state index contributed by atoms with van der Waals surface area (Å²) < 4.78 is 0. The third-order valence-electron chi connectivity index (χ3n) is 5.46. The van der Waals surface area contributed by atoms with E-state index >= 15 is 0 Å². The van der Waals surface area contributed by atoms with Gasteiger partial charge < -0.3 is 25.4 Å². The summed E-state index contributed by atoms with van der Waals surface area (Å²) in [5.74, 6) is 0.746. The molecule has 1 unspecified atom stereocenters. The molecule has 2 aliphatic heterocycles. The molecule has 3 amide bonds. The zero-order valence-corrected chi connectivity index (χ0v) is 16.0. The molecule has 1 atom stereocenters. The van der Waals surface area contributed by atoms with Gasteiger partial charge in [0.05, 0.1) is 11.9 Å². The van der Waals surface area contributed by atoms with Gasteiger partial charge in [0.1, 0.15) is 17.8 Å². The molecule has 0 bridgehead atoms. The van der Waals surface area contributed by atoms with E-state index in [1.807, 2.05) is 12.3 Å². The summed E-state index contributed by atoms with van der Waals surface area (Å²) >= 11 is 0. The standard InChI is InChI=1S/C19H27N7O2/c27-16(11-21-19(28)25-8-2-1-3-9-25)24-14-5-4-10-26(12-14)18-15-6-7-20-17(15)22-13-23-18/h6-7,13-14H,1-5,8-12H2,(H,21,28)(H,24,27)(H,20,22,23). The van der Waals surface area contributed by atoms with Gasteiger partial charge in [-0.3, -0.25) is 4.79 Å². The molecule has 2 aromatic heterocycles. The van der Waals surface area contributed by atoms with E-state index in [-0.39, 0.29) is 24.5 Å². The number of aromatic nitrogens is 3. The number of amides is 3. The largest absolute Gasteiger partial charge is 0.354 e. The fourth-order valence-corrected chi connectivity index (χ4v) is 4.04. The van der Waals surface area contributed by atoms with Gasteiger partial charge in [-0.25, -0.2) is 14.8 Å². The Labute approximate surface area is 163 Å². The second-order valence-electron chi connectivity index (χ2n) is 7.50. The monoisotopic (exact) mass is 385 g/mol. The minimum absolute atomic E-state index is 0.0153. The maximum absolute atomic E-state index is 12.3. The highest BCUT2D eigenvalue weighted by Gasteiger charge is 2.24. The van der Waals surface area contributed by atoms with Crippen LogP contribution in [-0.4, -0.2) is 70.6 Å². The molecule has 0 spiro atoms. The van der Waals surface area contributed by atoms with E-state index < -0.39 is 0 Å². The van der Waals surface area contributed by atoms with Gasteiger partial charge in [0.2, 0.25) is 5.91 Å². The van der Waals surface area contributed by atoms with E-state index in [9.17, 15) is 9.59 Å². The maximum atomic E-state index is 12.3. The van der Waals surface area contributed by atoms with Gasteiger partial charge in [0.15, 0.2) is 0 Å². The molecule has 9 nitrogen and oxygen atoms in total. The Morgan fingerprint density at radius 1 is 1.14 bits per heavy atom. The van der Waals surface area contributed by atoms with Crippen molar-refractivity contribution in [2.75, 3.05) is 37.6 Å². The van der Waals surface area contributed by atoms with Crippen molar-refractivity contribution in [3.63, 3.8) is 0 Å². The minimum Gasteiger partial charge on any atom is -0.354 e. The van der Waals surface area contributed by atoms with Gasteiger partial charge in [-0.1, -0.05) is 0 Å². The topological polar surface area (TPSA) is 106 Å². The number of carbonyl (C=O) groups excluding carboxylic acids is 2. The highest BCUT2D eigenvalue weighted by molar-refractivity contribution is 5.87. The van der Waals surface area contributed by atoms with E-state index in [4.69, 9.17) is 0 Å². The number of hydrogen-bond acceptors (Lipinski definition) is 5. The molecule has 9 heteroatoms. The molecule has 0 radical (unpaired) electrons. The molecule has 4 heterocycles. The lowest BCUT2D eigenvalue weighted by Gasteiger charge is -2.34. The van der Waals surface area contributed by atoms with Crippen molar-refractivity contribution in [1.82, 2.24) is 30.5 Å². The first-order valence-corrected chi connectivity index (χ1v) is 10.1. The number of nitrogens with zero attached hydrogens (tertiary/aromatic N) is 4. The van der Waals surface area contributed by atoms with Crippen LogP contribution in [0.25, 0.3) is 11.0 Å². The Bertz CT molecular complexity index is 831. The average molecular weight is 385 g/mol. The molecule has 2 aromatic rings. The van der Waals surface area contributed by atoms with Crippen molar-refractivity contribution in [2.45, 2.75) is 38.1 Å². The summed E-state index contributed by atoms with van der Waals surface area (Å²) in [4.78, 5) is 40.2. The number of urea groups is 1. The second-order valence-corrected chi connectivity index (χ2v) is 7.50. The molecular weight excluding hydrogens is 358 g/mol. The van der Waals surface area contributed by atoms with Crippen LogP contribution in [-0.2, 0) is 4.79 Å². The third kappa shape index (κ3) is 4.18. The predicted octanol–water partition coefficient (Wildman–Crippen LogP) is 1.24. The molecule has 150 valence electrons. The lowest BCUT2D eigenvalue weighted by atomic mass is 10.1. The molecule has 0 saturated carbocycles. The number of likely N-dealkylation sites (tertiary alicyclic amines) is 1. The summed E-state index contributed by atoms with van der Waals surface area (Å²) in [5, 5.41) is 6.78. The van der Waals surface area contributed by atoms with E-state index in [0.717, 1.165) is 62.2 Å². The van der Waals surface area contributed by atoms with E-state index in [1.165, 1.54) is 6.42 Å². The number of fused-ring (bicyclic) bond motifs is 1. The number of aromatic amines is 1. The van der Waals surface area contributed by atoms with Crippen molar-refractivity contribution < 1.29 is 9.59 Å². The van der Waals surface area contributed by atoms with Crippen molar-refractivity contribution >= 4 is 28.8 Å². The third-order valence-corrected chi connectivity index (χ3v) is 5.46. The summed E-state index contributed by atoms with van der Waals surface area (Å²) in [6.07, 6.45) is 8.56. The maximum Gasteiger partial charge on any atom is 0.317 e. The van der Waals surface area contributed by atoms with Gasteiger partial charge in [-0.15, -0.1) is 0 Å². The molecular formula is C19H27N7O2. The van der Waals surface area contributed by atoms with Gasteiger partial charge in [0, 0.05) is 38.4 Å². The second kappa shape index (κ2) is 8.45. The van der Waals surface area contributed by atoms with Gasteiger partial charge in [-0.2, -0.15) is 0 Å². The number of hydrogen-bond donors (Lipinski definition) is 3. The Morgan fingerprint density at radius 3 is 2.86 bits per heavy atom. The summed E-state index contributed by atoms with van der Waals surface area (Å²) in [6.45, 7) is 3.16. The van der Waals surface area contributed by atoms with Crippen LogP contribution < -0.4 is 15.5 Å². The van der Waals surface area contributed by atoms with Crippen molar-refractivity contribution in [2.24, 2.45) is 0 Å². The normalized spacial score (nSPS) is 20.2. The zero-order chi connectivity index (χ0) is 19.3. The highest BCUT2D eigenvalue weighted by Crippen LogP contribution is 2.24. The molecule has 3 N–H and O–H groups in total. The zero-order valence-electron chi connectivity index (χ0n) is 16.0. The highest BCUT2D eigenvalue weighted by atomic mass is 16.2. The Balaban J connectivity index is 1.29. The summed E-state index contributed by atoms with van der Waals surface area (Å²) in [5.41, 5.74) is 0.816. The molecule has 0 aromatic carbocycles. The fourth-order valence-electron chi connectivity index (χ4n) is 4.04. The van der Waals surface area contributed by atoms with Gasteiger partial charge in [0.25, 0.3) is 0 Å². The number of anilines is 1. The van der Waals surface area contributed by atoms with E-state index in [0.29, 0.717) is 6.54 Å². The Morgan fingerprint density at radius 2 is 2.00 bits per heavy atom. The number of nitrogens with one attached hydrogen (secondary N) is 3. The number of rotatable bonds is 4. The van der Waals surface area contributed by atoms with Crippen LogP contribution in [0.3, 0.4) is 0 Å². The van der Waals surface area contributed by atoms with E-state index in [1.54, 1.807) is 11.2 Å². The lowest BCUT2D eigenvalue weighted by Crippen LogP contribution is -2.51. The minimum atomic E-state index is -0.147. The molecule has 28 heavy (non-hydrogen) atoms. The Kier molecular flexibility index (Phi) is 5.59. The first kappa shape index (κ1) is 18.5. The van der Waals surface area contributed by atoms with Crippen LogP contribution in [0, 0.1) is 0 Å². The van der Waals surface area contributed by atoms with Crippen LogP contribution in [0.15, 0.2) is 18.6 Å². The molecule has 4 rings (SSSR count). The van der Waals surface area contributed by atoms with Crippen LogP contribution in [0.5, 0.6) is 0 Å². The van der Waals surface area contributed by atoms with E-state index in [2.05, 4.69) is 30.5 Å². The van der Waals surface area contributed by atoms with Crippen LogP contribution in [0.4, 0.5) is 10.6 Å². The molecule has 2 saturated heterocycles. The van der Waals surface area contributed by atoms with Crippen molar-refractivity contribution in [3.05, 3.63) is 18.6 Å². The smallest absolute Gasteiger partial charge is 0.317 e. The predicted molar refractivity (Wildman–Crippen MR) is 106 cm³/mol. The average Bonchev–Trinajstić information content (AvgIpc) is 3.22. The van der Waals surface area contributed by atoms with Crippen molar-refractivity contribution in [3.8, 4) is 0 Å². The fraction of sp³-hybridized carbons (Fsp3) is 0.579. The molecule has 2 aliphatic rings. The molecule has 0 aliphatic carbocycles. The number of piperidine rings is 2. The van der Waals surface area contributed by atoms with Crippen LogP contribution in [0.1, 0.15) is 32.1 Å². The Hall–Kier alpha value is -2.84. The van der Waals surface area contributed by atoms with Crippen molar-refractivity contribution in [1.29, 1.82) is 0 Å². The number of H-pyrrole nitrogens is 1. The number of carbonyl (C=O) groups is 2. The first-order valence-electron chi connectivity index (χ1n) is 10.1. The lowest BCUT2D eigenvalue weighted by molar-refractivity contribution is -0.120.